The molecule has 2 unspecified atom stereocenters. The molecule has 12 heavy (non-hydrogen) atoms. The van der Waals surface area contributed by atoms with Gasteiger partial charge in [-0.3, -0.25) is 0 Å². The highest BCUT2D eigenvalue weighted by Gasteiger charge is 2.37. The molecular weight excluding hydrogens is 158 g/mol. The molecule has 1 heterocycles. The zero-order chi connectivity index (χ0) is 9.14. The fourth-order valence-corrected chi connectivity index (χ4v) is 1.67. The number of quaternary nitrogens is 1. The van der Waals surface area contributed by atoms with Gasteiger partial charge < -0.3 is 9.47 Å². The van der Waals surface area contributed by atoms with E-state index >= 15 is 0 Å². The Morgan fingerprint density at radius 3 is 2.50 bits per heavy atom. The quantitative estimate of drug-likeness (QED) is 0.598. The van der Waals surface area contributed by atoms with Gasteiger partial charge in [-0.25, -0.2) is 4.84 Å². The molecule has 1 rings (SSSR count). The first kappa shape index (κ1) is 9.92. The van der Waals surface area contributed by atoms with Crippen LogP contribution in [0.4, 0.5) is 0 Å². The average molecular weight is 176 g/mol. The molecule has 0 saturated carbocycles. The van der Waals surface area contributed by atoms with Crippen LogP contribution in [0.15, 0.2) is 0 Å². The van der Waals surface area contributed by atoms with Crippen molar-refractivity contribution in [2.75, 3.05) is 20.8 Å². The lowest BCUT2D eigenvalue weighted by atomic mass is 10.2. The molecular formula is C8H18NO3+. The van der Waals surface area contributed by atoms with E-state index in [1.807, 2.05) is 13.8 Å². The van der Waals surface area contributed by atoms with Crippen LogP contribution in [-0.4, -0.2) is 39.2 Å². The van der Waals surface area contributed by atoms with Crippen molar-refractivity contribution >= 4 is 0 Å². The van der Waals surface area contributed by atoms with Crippen molar-refractivity contribution in [3.63, 3.8) is 0 Å². The summed E-state index contributed by atoms with van der Waals surface area (Å²) in [5, 5.41) is 0.990. The van der Waals surface area contributed by atoms with Crippen LogP contribution in [0.1, 0.15) is 13.8 Å². The van der Waals surface area contributed by atoms with Gasteiger partial charge in [-0.05, 0) is 13.8 Å². The molecule has 1 fully saturated rings. The maximum atomic E-state index is 5.60. The molecule has 4 heteroatoms. The predicted octanol–water partition coefficient (Wildman–Crippen LogP) is -0.788. The van der Waals surface area contributed by atoms with E-state index in [-0.39, 0.29) is 18.4 Å². The Balaban J connectivity index is 2.56. The summed E-state index contributed by atoms with van der Waals surface area (Å²) in [6.07, 6.45) is 0.321. The number of ether oxygens (including phenoxy) is 2. The lowest BCUT2D eigenvalue weighted by Gasteiger charge is -2.35. The zero-order valence-electron chi connectivity index (χ0n) is 8.16. The van der Waals surface area contributed by atoms with E-state index in [0.717, 1.165) is 11.6 Å². The third-order valence-corrected chi connectivity index (χ3v) is 2.20. The molecule has 72 valence electrons. The van der Waals surface area contributed by atoms with Crippen molar-refractivity contribution in [2.45, 2.75) is 32.3 Å². The van der Waals surface area contributed by atoms with Gasteiger partial charge in [0, 0.05) is 7.11 Å². The Labute approximate surface area is 73.3 Å². The molecule has 1 saturated heterocycles. The molecule has 4 atom stereocenters. The molecule has 0 bridgehead atoms. The summed E-state index contributed by atoms with van der Waals surface area (Å²) < 4.78 is 10.9. The van der Waals surface area contributed by atoms with Gasteiger partial charge in [0.15, 0.2) is 0 Å². The molecule has 0 spiro atoms. The number of methoxy groups -OCH3 is 1. The molecule has 0 radical (unpaired) electrons. The largest absolute Gasteiger partial charge is 0.360 e. The summed E-state index contributed by atoms with van der Waals surface area (Å²) in [4.78, 5) is 5.25. The SMILES string of the molecule is CO[C@H]1[C@@H](C)OC(C)C[NH+]1OC. The minimum absolute atomic E-state index is 0.00815. The van der Waals surface area contributed by atoms with Crippen molar-refractivity contribution in [3.05, 3.63) is 0 Å². The first-order valence-corrected chi connectivity index (χ1v) is 4.27. The van der Waals surface area contributed by atoms with Crippen molar-refractivity contribution in [2.24, 2.45) is 0 Å². The Morgan fingerprint density at radius 2 is 2.00 bits per heavy atom. The third kappa shape index (κ3) is 1.95. The standard InChI is InChI=1S/C8H17NO3/c1-6-5-9(11-4)8(10-3)7(2)12-6/h6-8H,5H2,1-4H3/p+1/t6?,7-,8+/m1/s1. The van der Waals surface area contributed by atoms with Gasteiger partial charge in [-0.2, -0.15) is 5.06 Å². The Kier molecular flexibility index (Phi) is 3.46. The van der Waals surface area contributed by atoms with Crippen molar-refractivity contribution in [1.29, 1.82) is 0 Å². The zero-order valence-corrected chi connectivity index (χ0v) is 8.16. The fourth-order valence-electron chi connectivity index (χ4n) is 1.67. The highest BCUT2D eigenvalue weighted by molar-refractivity contribution is 4.61. The maximum absolute atomic E-state index is 5.60. The van der Waals surface area contributed by atoms with E-state index in [4.69, 9.17) is 14.3 Å². The lowest BCUT2D eigenvalue weighted by Crippen LogP contribution is -3.18. The smallest absolute Gasteiger partial charge is 0.247 e. The van der Waals surface area contributed by atoms with E-state index in [0.29, 0.717) is 0 Å². The second kappa shape index (κ2) is 4.18. The van der Waals surface area contributed by atoms with Gasteiger partial charge in [-0.15, -0.1) is 0 Å². The summed E-state index contributed by atoms with van der Waals surface area (Å²) in [5.74, 6) is 0. The molecule has 0 aromatic rings. The van der Waals surface area contributed by atoms with Crippen LogP contribution < -0.4 is 5.06 Å². The number of rotatable bonds is 2. The van der Waals surface area contributed by atoms with Crippen LogP contribution in [0, 0.1) is 0 Å². The van der Waals surface area contributed by atoms with E-state index in [1.165, 1.54) is 0 Å². The average Bonchev–Trinajstić information content (AvgIpc) is 2.03. The summed E-state index contributed by atoms with van der Waals surface area (Å²) >= 11 is 0. The van der Waals surface area contributed by atoms with E-state index in [9.17, 15) is 0 Å². The van der Waals surface area contributed by atoms with Gasteiger partial charge in [0.25, 0.3) is 0 Å². The Bertz CT molecular complexity index is 142. The summed E-state index contributed by atoms with van der Waals surface area (Å²) in [5.41, 5.74) is 0. The van der Waals surface area contributed by atoms with Crippen LogP contribution in [0.2, 0.25) is 0 Å². The molecule has 1 aliphatic heterocycles. The highest BCUT2D eigenvalue weighted by atomic mass is 16.7. The van der Waals surface area contributed by atoms with Crippen molar-refractivity contribution in [1.82, 2.24) is 0 Å². The summed E-state index contributed by atoms with van der Waals surface area (Å²) in [6.45, 7) is 4.88. The van der Waals surface area contributed by atoms with Gasteiger partial charge in [-0.1, -0.05) is 0 Å². The maximum Gasteiger partial charge on any atom is 0.247 e. The summed E-state index contributed by atoms with van der Waals surface area (Å²) in [7, 11) is 3.37. The van der Waals surface area contributed by atoms with E-state index < -0.39 is 0 Å². The lowest BCUT2D eigenvalue weighted by molar-refractivity contribution is -1.13. The first-order valence-electron chi connectivity index (χ1n) is 4.27. The molecule has 4 nitrogen and oxygen atoms in total. The van der Waals surface area contributed by atoms with Gasteiger partial charge >= 0.3 is 0 Å². The number of hydrogen-bond acceptors (Lipinski definition) is 3. The third-order valence-electron chi connectivity index (χ3n) is 2.20. The van der Waals surface area contributed by atoms with Crippen LogP contribution >= 0.6 is 0 Å². The minimum atomic E-state index is -0.00815. The second-order valence-electron chi connectivity index (χ2n) is 3.18. The number of hydrogen-bond donors (Lipinski definition) is 1. The molecule has 0 aromatic heterocycles. The molecule has 1 aliphatic rings. The number of hydroxylamine groups is 2. The monoisotopic (exact) mass is 176 g/mol. The van der Waals surface area contributed by atoms with E-state index in [1.54, 1.807) is 14.2 Å². The minimum Gasteiger partial charge on any atom is -0.360 e. The molecule has 0 aliphatic carbocycles. The van der Waals surface area contributed by atoms with Crippen LogP contribution in [0.3, 0.4) is 0 Å². The molecule has 1 N–H and O–H groups in total. The highest BCUT2D eigenvalue weighted by Crippen LogP contribution is 2.05. The normalized spacial score (nSPS) is 43.0. The Hall–Kier alpha value is -0.160. The van der Waals surface area contributed by atoms with Crippen molar-refractivity contribution < 1.29 is 19.4 Å². The van der Waals surface area contributed by atoms with Crippen LogP contribution in [-0.2, 0) is 14.3 Å². The van der Waals surface area contributed by atoms with Gasteiger partial charge in [0.1, 0.15) is 18.8 Å². The first-order chi connectivity index (χ1) is 5.69. The summed E-state index contributed by atoms with van der Waals surface area (Å²) in [6, 6.07) is 0. The van der Waals surface area contributed by atoms with Crippen LogP contribution in [0.5, 0.6) is 0 Å². The van der Waals surface area contributed by atoms with Gasteiger partial charge in [0.2, 0.25) is 6.23 Å². The molecule has 0 amide bonds. The number of morpholine rings is 1. The molecule has 0 aromatic carbocycles. The van der Waals surface area contributed by atoms with Crippen LogP contribution in [0.25, 0.3) is 0 Å². The predicted molar refractivity (Wildman–Crippen MR) is 43.6 cm³/mol. The van der Waals surface area contributed by atoms with Crippen molar-refractivity contribution in [3.8, 4) is 0 Å². The Morgan fingerprint density at radius 1 is 1.33 bits per heavy atom. The topological polar surface area (TPSA) is 32.1 Å². The number of nitrogens with one attached hydrogen (secondary N) is 1. The fraction of sp³-hybridized carbons (Fsp3) is 1.00. The van der Waals surface area contributed by atoms with Gasteiger partial charge in [0.05, 0.1) is 7.11 Å². The van der Waals surface area contributed by atoms with E-state index in [2.05, 4.69) is 0 Å². The second-order valence-corrected chi connectivity index (χ2v) is 3.18.